The van der Waals surface area contributed by atoms with Crippen LogP contribution in [0.4, 0.5) is 0 Å². The Kier molecular flexibility index (Phi) is 0.749. The van der Waals surface area contributed by atoms with Gasteiger partial charge in [-0.15, -0.1) is 0 Å². The smallest absolute Gasteiger partial charge is 0.269 e. The summed E-state index contributed by atoms with van der Waals surface area (Å²) < 4.78 is 0. The van der Waals surface area contributed by atoms with Crippen molar-refractivity contribution in [2.75, 3.05) is 0 Å². The van der Waals surface area contributed by atoms with Gasteiger partial charge in [-0.05, 0) is 0 Å². The fourth-order valence-corrected chi connectivity index (χ4v) is 0.425. The molecule has 3 nitrogen and oxygen atoms in total. The highest BCUT2D eigenvalue weighted by Gasteiger charge is 2.27. The molecule has 0 bridgehead atoms. The maximum absolute atomic E-state index is 10.1. The zero-order valence-electron chi connectivity index (χ0n) is 3.60. The lowest BCUT2D eigenvalue weighted by Gasteiger charge is -1.72. The number of nitrogens with one attached hydrogen (secondary N) is 1. The third-order valence-corrected chi connectivity index (χ3v) is 0.735. The second-order valence-electron chi connectivity index (χ2n) is 1.32. The minimum atomic E-state index is -0.273. The maximum atomic E-state index is 10.1. The van der Waals surface area contributed by atoms with Gasteiger partial charge < -0.3 is 0 Å². The van der Waals surface area contributed by atoms with Gasteiger partial charge in [0.05, 0.1) is 0 Å². The highest BCUT2D eigenvalue weighted by molar-refractivity contribution is 6.07. The number of carbonyl (C=O) groups excluding carboxylic acids is 2. The first-order chi connectivity index (χ1) is 3.29. The quantitative estimate of drug-likeness (QED) is 0.319. The molecule has 1 aliphatic heterocycles. The third-order valence-electron chi connectivity index (χ3n) is 0.735. The minimum Gasteiger partial charge on any atom is -0.269 e. The van der Waals surface area contributed by atoms with Crippen LogP contribution in [0.2, 0.25) is 0 Å². The van der Waals surface area contributed by atoms with Crippen molar-refractivity contribution in [3.05, 3.63) is 6.42 Å². The summed E-state index contributed by atoms with van der Waals surface area (Å²) in [5, 5.41) is 2.08. The Bertz CT molecular complexity index is 105. The normalized spacial score (nSPS) is 18.9. The summed E-state index contributed by atoms with van der Waals surface area (Å²) >= 11 is 0. The first kappa shape index (κ1) is 4.18. The van der Waals surface area contributed by atoms with E-state index in [2.05, 4.69) is 5.32 Å². The topological polar surface area (TPSA) is 46.2 Å². The Hall–Kier alpha value is -0.990. The molecule has 0 aromatic carbocycles. The van der Waals surface area contributed by atoms with Crippen molar-refractivity contribution in [1.29, 1.82) is 0 Å². The van der Waals surface area contributed by atoms with Crippen LogP contribution in [0.15, 0.2) is 0 Å². The maximum Gasteiger partial charge on any atom is 0.409 e. The van der Waals surface area contributed by atoms with Crippen LogP contribution in [0.25, 0.3) is 0 Å². The Balaban J connectivity index is 2.55. The van der Waals surface area contributed by atoms with Gasteiger partial charge in [0, 0.05) is 0 Å². The Morgan fingerprint density at radius 1 is 1.57 bits per heavy atom. The fourth-order valence-electron chi connectivity index (χ4n) is 0.425. The summed E-state index contributed by atoms with van der Waals surface area (Å²) in [4.78, 5) is 20.2. The molecule has 1 N–H and O–H groups in total. The van der Waals surface area contributed by atoms with E-state index in [-0.39, 0.29) is 18.2 Å². The van der Waals surface area contributed by atoms with E-state index in [1.807, 2.05) is 0 Å². The van der Waals surface area contributed by atoms with Gasteiger partial charge in [0.1, 0.15) is 0 Å². The van der Waals surface area contributed by atoms with E-state index < -0.39 is 0 Å². The number of amides is 2. The average molecular weight is 98.1 g/mol. The molecule has 1 rings (SSSR count). The Labute approximate surface area is 40.7 Å². The second-order valence-corrected chi connectivity index (χ2v) is 1.32. The van der Waals surface area contributed by atoms with Gasteiger partial charge in [-0.3, -0.25) is 10.1 Å². The number of hydrogen-bond donors (Lipinski definition) is 1. The lowest BCUT2D eigenvalue weighted by atomic mass is 10.4. The van der Waals surface area contributed by atoms with E-state index in [0.29, 0.717) is 0 Å². The van der Waals surface area contributed by atoms with Crippen molar-refractivity contribution in [3.63, 3.8) is 0 Å². The van der Waals surface area contributed by atoms with Gasteiger partial charge in [-0.25, -0.2) is 4.79 Å². The zero-order chi connectivity index (χ0) is 5.28. The van der Waals surface area contributed by atoms with Crippen molar-refractivity contribution in [2.45, 2.75) is 6.42 Å². The first-order valence-electron chi connectivity index (χ1n) is 1.96. The average Bonchev–Trinajstić information content (AvgIpc) is 1.87. The molecule has 2 amide bonds. The molecule has 1 saturated heterocycles. The van der Waals surface area contributed by atoms with Crippen LogP contribution in [0.5, 0.6) is 0 Å². The van der Waals surface area contributed by atoms with Crippen molar-refractivity contribution >= 4 is 11.8 Å². The predicted octanol–water partition coefficient (Wildman–Crippen LogP) is -0.763. The number of carbonyl (C=O) groups is 2. The van der Waals surface area contributed by atoms with Crippen molar-refractivity contribution in [2.24, 2.45) is 0 Å². The molecule has 1 heterocycles. The highest BCUT2D eigenvalue weighted by Crippen LogP contribution is 1.94. The molecule has 0 radical (unpaired) electrons. The molecule has 7 heavy (non-hydrogen) atoms. The summed E-state index contributed by atoms with van der Waals surface area (Å²) in [5.74, 6) is -0.477. The molecular weight excluding hydrogens is 94.0 g/mol. The van der Waals surface area contributed by atoms with Crippen LogP contribution in [0, 0.1) is 6.42 Å². The SMILES string of the molecule is O=C1[CH+]CC(=O)N1. The second kappa shape index (κ2) is 1.26. The molecule has 1 fully saturated rings. The molecule has 0 unspecified atom stereocenters. The summed E-state index contributed by atoms with van der Waals surface area (Å²) in [5.41, 5.74) is 0. The van der Waals surface area contributed by atoms with E-state index >= 15 is 0 Å². The van der Waals surface area contributed by atoms with Crippen LogP contribution < -0.4 is 5.32 Å². The molecule has 0 aliphatic carbocycles. The van der Waals surface area contributed by atoms with Crippen molar-refractivity contribution in [1.82, 2.24) is 5.32 Å². The Morgan fingerprint density at radius 3 is 2.43 bits per heavy atom. The lowest BCUT2D eigenvalue weighted by Crippen LogP contribution is -2.18. The van der Waals surface area contributed by atoms with Gasteiger partial charge >= 0.3 is 5.91 Å². The molecule has 0 aromatic heterocycles. The summed E-state index contributed by atoms with van der Waals surface area (Å²) in [6, 6.07) is 0. The van der Waals surface area contributed by atoms with E-state index in [4.69, 9.17) is 0 Å². The first-order valence-corrected chi connectivity index (χ1v) is 1.96. The van der Waals surface area contributed by atoms with Gasteiger partial charge in [0.15, 0.2) is 12.8 Å². The largest absolute Gasteiger partial charge is 0.409 e. The van der Waals surface area contributed by atoms with Crippen molar-refractivity contribution in [3.8, 4) is 0 Å². The number of rotatable bonds is 0. The minimum absolute atomic E-state index is 0.204. The molecule has 36 valence electrons. The third kappa shape index (κ3) is 0.707. The van der Waals surface area contributed by atoms with Crippen molar-refractivity contribution < 1.29 is 9.59 Å². The number of hydrogen-bond acceptors (Lipinski definition) is 2. The fraction of sp³-hybridized carbons (Fsp3) is 0.250. The molecule has 1 aliphatic rings. The summed E-state index contributed by atoms with van der Waals surface area (Å²) in [6.07, 6.45) is 1.57. The predicted molar refractivity (Wildman–Crippen MR) is 22.1 cm³/mol. The standard InChI is InChI=1S/C4H3NO2/c6-3-1-2-4(7)5-3/h1H,2H2/p+1. The van der Waals surface area contributed by atoms with Crippen LogP contribution in [-0.2, 0) is 9.59 Å². The van der Waals surface area contributed by atoms with Gasteiger partial charge in [-0.1, -0.05) is 0 Å². The molecule has 3 heteroatoms. The summed E-state index contributed by atoms with van der Waals surface area (Å²) in [7, 11) is 0. The van der Waals surface area contributed by atoms with Crippen LogP contribution in [-0.4, -0.2) is 11.8 Å². The van der Waals surface area contributed by atoms with E-state index in [9.17, 15) is 9.59 Å². The van der Waals surface area contributed by atoms with Crippen LogP contribution in [0.1, 0.15) is 6.42 Å². The van der Waals surface area contributed by atoms with Crippen LogP contribution in [0.3, 0.4) is 0 Å². The van der Waals surface area contributed by atoms with Gasteiger partial charge in [0.25, 0.3) is 5.91 Å². The van der Waals surface area contributed by atoms with E-state index in [1.165, 1.54) is 6.42 Å². The molecule has 0 saturated carbocycles. The molecular formula is C4H4NO2+. The van der Waals surface area contributed by atoms with Crippen LogP contribution >= 0.6 is 0 Å². The zero-order valence-corrected chi connectivity index (χ0v) is 3.60. The monoisotopic (exact) mass is 98.0 g/mol. The van der Waals surface area contributed by atoms with Gasteiger partial charge in [0.2, 0.25) is 0 Å². The number of imide groups is 1. The van der Waals surface area contributed by atoms with E-state index in [1.54, 1.807) is 0 Å². The van der Waals surface area contributed by atoms with E-state index in [0.717, 1.165) is 0 Å². The van der Waals surface area contributed by atoms with Gasteiger partial charge in [-0.2, -0.15) is 0 Å². The molecule has 0 atom stereocenters. The lowest BCUT2D eigenvalue weighted by molar-refractivity contribution is -0.124. The highest BCUT2D eigenvalue weighted by atomic mass is 16.2. The summed E-state index contributed by atoms with van der Waals surface area (Å²) in [6.45, 7) is 0. The molecule has 0 spiro atoms. The Morgan fingerprint density at radius 2 is 2.29 bits per heavy atom. The molecule has 0 aromatic rings.